The quantitative estimate of drug-likeness (QED) is 0.919. The molecule has 0 radical (unpaired) electrons. The van der Waals surface area contributed by atoms with Gasteiger partial charge in [-0.3, -0.25) is 9.59 Å². The Labute approximate surface area is 142 Å². The van der Waals surface area contributed by atoms with Gasteiger partial charge < -0.3 is 10.2 Å². The molecule has 24 heavy (non-hydrogen) atoms. The number of hydrogen-bond donors (Lipinski definition) is 1. The second-order valence-electron chi connectivity index (χ2n) is 6.41. The van der Waals surface area contributed by atoms with Gasteiger partial charge in [-0.05, 0) is 55.2 Å². The lowest BCUT2D eigenvalue weighted by atomic mass is 10.1. The van der Waals surface area contributed by atoms with Crippen molar-refractivity contribution in [2.24, 2.45) is 0 Å². The van der Waals surface area contributed by atoms with Crippen LogP contribution in [0.3, 0.4) is 0 Å². The summed E-state index contributed by atoms with van der Waals surface area (Å²) in [5.74, 6) is -0.114. The fourth-order valence-electron chi connectivity index (χ4n) is 2.60. The highest BCUT2D eigenvalue weighted by Gasteiger charge is 2.23. The second-order valence-corrected chi connectivity index (χ2v) is 6.41. The van der Waals surface area contributed by atoms with Gasteiger partial charge in [0.2, 0.25) is 0 Å². The van der Waals surface area contributed by atoms with Crippen molar-refractivity contribution in [2.45, 2.75) is 32.4 Å². The molecule has 4 nitrogen and oxygen atoms in total. The molecule has 0 aromatic heterocycles. The second kappa shape index (κ2) is 6.87. The number of carbonyl (C=O) groups excluding carboxylic acids is 2. The Morgan fingerprint density at radius 1 is 1.04 bits per heavy atom. The molecule has 0 aliphatic heterocycles. The molecule has 0 saturated heterocycles. The highest BCUT2D eigenvalue weighted by Crippen LogP contribution is 2.19. The maximum atomic E-state index is 12.6. The van der Waals surface area contributed by atoms with Gasteiger partial charge >= 0.3 is 0 Å². The summed E-state index contributed by atoms with van der Waals surface area (Å²) < 4.78 is 0. The smallest absolute Gasteiger partial charge is 0.253 e. The summed E-state index contributed by atoms with van der Waals surface area (Å²) in [7, 11) is 1.79. The summed E-state index contributed by atoms with van der Waals surface area (Å²) in [5, 5.41) is 2.95. The molecular formula is C20H22N2O2. The van der Waals surface area contributed by atoms with Crippen molar-refractivity contribution in [3.63, 3.8) is 0 Å². The lowest BCUT2D eigenvalue weighted by Crippen LogP contribution is -2.27. The van der Waals surface area contributed by atoms with Crippen LogP contribution >= 0.6 is 0 Å². The maximum absolute atomic E-state index is 12.6. The van der Waals surface area contributed by atoms with E-state index in [9.17, 15) is 9.59 Å². The van der Waals surface area contributed by atoms with Crippen molar-refractivity contribution in [1.82, 2.24) is 10.2 Å². The van der Waals surface area contributed by atoms with Crippen LogP contribution in [0.15, 0.2) is 48.5 Å². The van der Waals surface area contributed by atoms with Crippen molar-refractivity contribution in [3.8, 4) is 0 Å². The van der Waals surface area contributed by atoms with E-state index >= 15 is 0 Å². The number of benzene rings is 2. The van der Waals surface area contributed by atoms with E-state index in [4.69, 9.17) is 0 Å². The van der Waals surface area contributed by atoms with Crippen LogP contribution in [0, 0.1) is 6.92 Å². The molecule has 2 amide bonds. The molecule has 0 heterocycles. The molecule has 0 bridgehead atoms. The predicted molar refractivity (Wildman–Crippen MR) is 93.9 cm³/mol. The van der Waals surface area contributed by atoms with Crippen molar-refractivity contribution in [2.75, 3.05) is 7.05 Å². The predicted octanol–water partition coefficient (Wildman–Crippen LogP) is 3.16. The minimum absolute atomic E-state index is 0.0487. The van der Waals surface area contributed by atoms with E-state index in [-0.39, 0.29) is 11.8 Å². The molecule has 1 saturated carbocycles. The number of rotatable bonds is 5. The Bertz CT molecular complexity index is 748. The van der Waals surface area contributed by atoms with E-state index < -0.39 is 0 Å². The summed E-state index contributed by atoms with van der Waals surface area (Å²) in [6.45, 7) is 2.61. The molecule has 2 aromatic carbocycles. The Morgan fingerprint density at radius 2 is 1.67 bits per heavy atom. The minimum atomic E-state index is -0.0650. The lowest BCUT2D eigenvalue weighted by Gasteiger charge is -2.18. The zero-order valence-electron chi connectivity index (χ0n) is 14.1. The van der Waals surface area contributed by atoms with Gasteiger partial charge in [0.1, 0.15) is 0 Å². The Hall–Kier alpha value is -2.62. The largest absolute Gasteiger partial charge is 0.349 e. The zero-order valence-corrected chi connectivity index (χ0v) is 14.1. The van der Waals surface area contributed by atoms with Crippen LogP contribution < -0.4 is 5.32 Å². The van der Waals surface area contributed by atoms with Gasteiger partial charge in [0.05, 0.1) is 0 Å². The molecule has 4 heteroatoms. The van der Waals surface area contributed by atoms with Gasteiger partial charge in [0, 0.05) is 30.8 Å². The van der Waals surface area contributed by atoms with Gasteiger partial charge in [-0.15, -0.1) is 0 Å². The van der Waals surface area contributed by atoms with Crippen LogP contribution in [0.2, 0.25) is 0 Å². The third kappa shape index (κ3) is 3.82. The Morgan fingerprint density at radius 3 is 2.29 bits per heavy atom. The van der Waals surface area contributed by atoms with Crippen LogP contribution in [0.4, 0.5) is 0 Å². The Balaban J connectivity index is 1.65. The summed E-state index contributed by atoms with van der Waals surface area (Å²) in [5.41, 5.74) is 3.49. The van der Waals surface area contributed by atoms with Gasteiger partial charge in [-0.25, -0.2) is 0 Å². The van der Waals surface area contributed by atoms with E-state index in [2.05, 4.69) is 5.32 Å². The zero-order chi connectivity index (χ0) is 17.1. The first kappa shape index (κ1) is 16.2. The summed E-state index contributed by atoms with van der Waals surface area (Å²) >= 11 is 0. The third-order valence-electron chi connectivity index (χ3n) is 4.32. The molecule has 0 unspecified atom stereocenters. The standard InChI is InChI=1S/C20H22N2O2/c1-14-5-3-4-6-17(14)13-22(2)20(24)16-9-7-15(8-10-16)19(23)21-18-11-12-18/h3-10,18H,11-13H2,1-2H3,(H,21,23). The van der Waals surface area contributed by atoms with E-state index in [1.54, 1.807) is 36.2 Å². The molecule has 1 aliphatic carbocycles. The number of amides is 2. The van der Waals surface area contributed by atoms with Crippen LogP contribution in [0.25, 0.3) is 0 Å². The van der Waals surface area contributed by atoms with E-state index in [1.165, 1.54) is 5.56 Å². The van der Waals surface area contributed by atoms with E-state index in [0.717, 1.165) is 18.4 Å². The highest BCUT2D eigenvalue weighted by molar-refractivity contribution is 5.97. The SMILES string of the molecule is Cc1ccccc1CN(C)C(=O)c1ccc(C(=O)NC2CC2)cc1. The monoisotopic (exact) mass is 322 g/mol. The van der Waals surface area contributed by atoms with Crippen LogP contribution in [-0.4, -0.2) is 29.8 Å². The average Bonchev–Trinajstić information content (AvgIpc) is 3.40. The molecule has 1 N–H and O–H groups in total. The number of nitrogens with zero attached hydrogens (tertiary/aromatic N) is 1. The van der Waals surface area contributed by atoms with Gasteiger partial charge in [-0.2, -0.15) is 0 Å². The van der Waals surface area contributed by atoms with Crippen molar-refractivity contribution < 1.29 is 9.59 Å². The molecular weight excluding hydrogens is 300 g/mol. The topological polar surface area (TPSA) is 49.4 Å². The average molecular weight is 322 g/mol. The summed E-state index contributed by atoms with van der Waals surface area (Å²) in [6.07, 6.45) is 2.12. The Kier molecular flexibility index (Phi) is 4.65. The summed E-state index contributed by atoms with van der Waals surface area (Å²) in [4.78, 5) is 26.2. The van der Waals surface area contributed by atoms with Gasteiger partial charge in [0.15, 0.2) is 0 Å². The first-order valence-corrected chi connectivity index (χ1v) is 8.25. The van der Waals surface area contributed by atoms with Crippen LogP contribution in [0.5, 0.6) is 0 Å². The molecule has 0 atom stereocenters. The van der Waals surface area contributed by atoms with Gasteiger partial charge in [-0.1, -0.05) is 24.3 Å². The van der Waals surface area contributed by atoms with Crippen LogP contribution in [-0.2, 0) is 6.54 Å². The van der Waals surface area contributed by atoms with Gasteiger partial charge in [0.25, 0.3) is 11.8 Å². The lowest BCUT2D eigenvalue weighted by molar-refractivity contribution is 0.0784. The number of carbonyl (C=O) groups is 2. The number of nitrogens with one attached hydrogen (secondary N) is 1. The van der Waals surface area contributed by atoms with Crippen LogP contribution in [0.1, 0.15) is 44.7 Å². The fourth-order valence-corrected chi connectivity index (χ4v) is 2.60. The first-order valence-electron chi connectivity index (χ1n) is 8.25. The number of hydrogen-bond acceptors (Lipinski definition) is 2. The minimum Gasteiger partial charge on any atom is -0.349 e. The molecule has 1 fully saturated rings. The molecule has 124 valence electrons. The van der Waals surface area contributed by atoms with Crippen molar-refractivity contribution >= 4 is 11.8 Å². The van der Waals surface area contributed by atoms with E-state index in [1.807, 2.05) is 31.2 Å². The normalized spacial score (nSPS) is 13.4. The third-order valence-corrected chi connectivity index (χ3v) is 4.32. The van der Waals surface area contributed by atoms with Crippen molar-refractivity contribution in [3.05, 3.63) is 70.8 Å². The molecule has 3 rings (SSSR count). The van der Waals surface area contributed by atoms with E-state index in [0.29, 0.717) is 23.7 Å². The fraction of sp³-hybridized carbons (Fsp3) is 0.300. The maximum Gasteiger partial charge on any atom is 0.253 e. The molecule has 2 aromatic rings. The number of aryl methyl sites for hydroxylation is 1. The van der Waals surface area contributed by atoms with Crippen molar-refractivity contribution in [1.29, 1.82) is 0 Å². The molecule has 0 spiro atoms. The summed E-state index contributed by atoms with van der Waals surface area (Å²) in [6, 6.07) is 15.3. The first-order chi connectivity index (χ1) is 11.5. The highest BCUT2D eigenvalue weighted by atomic mass is 16.2. The molecule has 1 aliphatic rings.